The fourth-order valence-corrected chi connectivity index (χ4v) is 3.17. The van der Waals surface area contributed by atoms with Crippen molar-refractivity contribution in [3.63, 3.8) is 0 Å². The standard InChI is InChI=1S/C13H27N3O/c1-11-8-13(9-14,15(2)6-7-17-3)10-16(11)12-4-5-12/h11-12H,4-10,14H2,1-3H3. The van der Waals surface area contributed by atoms with E-state index in [2.05, 4.69) is 23.8 Å². The van der Waals surface area contributed by atoms with E-state index in [-0.39, 0.29) is 5.54 Å². The molecule has 2 atom stereocenters. The van der Waals surface area contributed by atoms with Crippen molar-refractivity contribution in [1.29, 1.82) is 0 Å². The molecular weight excluding hydrogens is 214 g/mol. The Hall–Kier alpha value is -0.160. The predicted octanol–water partition coefficient (Wildman–Crippen LogP) is 0.519. The lowest BCUT2D eigenvalue weighted by atomic mass is 9.94. The number of methoxy groups -OCH3 is 1. The highest BCUT2D eigenvalue weighted by molar-refractivity contribution is 5.06. The van der Waals surface area contributed by atoms with Crippen LogP contribution in [0.15, 0.2) is 0 Å². The molecule has 0 aromatic rings. The van der Waals surface area contributed by atoms with Gasteiger partial charge >= 0.3 is 0 Å². The second-order valence-electron chi connectivity index (χ2n) is 5.80. The third-order valence-corrected chi connectivity index (χ3v) is 4.55. The summed E-state index contributed by atoms with van der Waals surface area (Å²) in [7, 11) is 3.95. The molecule has 0 spiro atoms. The van der Waals surface area contributed by atoms with Gasteiger partial charge in [0.15, 0.2) is 0 Å². The van der Waals surface area contributed by atoms with Gasteiger partial charge in [-0.25, -0.2) is 0 Å². The van der Waals surface area contributed by atoms with Crippen molar-refractivity contribution in [1.82, 2.24) is 9.80 Å². The molecule has 4 heteroatoms. The van der Waals surface area contributed by atoms with Gasteiger partial charge in [-0.2, -0.15) is 0 Å². The van der Waals surface area contributed by atoms with Crippen LogP contribution in [0.2, 0.25) is 0 Å². The zero-order valence-corrected chi connectivity index (χ0v) is 11.5. The van der Waals surface area contributed by atoms with E-state index in [0.29, 0.717) is 6.04 Å². The van der Waals surface area contributed by atoms with Crippen molar-refractivity contribution in [2.24, 2.45) is 5.73 Å². The molecule has 0 radical (unpaired) electrons. The van der Waals surface area contributed by atoms with E-state index in [4.69, 9.17) is 10.5 Å². The van der Waals surface area contributed by atoms with Crippen LogP contribution in [0.1, 0.15) is 26.2 Å². The van der Waals surface area contributed by atoms with Gasteiger partial charge in [-0.1, -0.05) is 0 Å². The largest absolute Gasteiger partial charge is 0.383 e. The molecule has 0 aromatic carbocycles. The fraction of sp³-hybridized carbons (Fsp3) is 1.00. The van der Waals surface area contributed by atoms with E-state index in [1.54, 1.807) is 7.11 Å². The van der Waals surface area contributed by atoms with Gasteiger partial charge in [0.1, 0.15) is 0 Å². The topological polar surface area (TPSA) is 41.7 Å². The van der Waals surface area contributed by atoms with Gasteiger partial charge in [0.2, 0.25) is 0 Å². The normalized spacial score (nSPS) is 34.8. The third kappa shape index (κ3) is 2.65. The average Bonchev–Trinajstić information content (AvgIpc) is 3.10. The van der Waals surface area contributed by atoms with Crippen molar-refractivity contribution < 1.29 is 4.74 Å². The number of hydrogen-bond donors (Lipinski definition) is 1. The first-order valence-corrected chi connectivity index (χ1v) is 6.79. The molecule has 1 saturated carbocycles. The maximum Gasteiger partial charge on any atom is 0.0589 e. The zero-order valence-electron chi connectivity index (χ0n) is 11.5. The highest BCUT2D eigenvalue weighted by Crippen LogP contribution is 2.38. The molecule has 100 valence electrons. The Balaban J connectivity index is 1.99. The van der Waals surface area contributed by atoms with Gasteiger partial charge in [-0.3, -0.25) is 9.80 Å². The number of nitrogens with zero attached hydrogens (tertiary/aromatic N) is 2. The first kappa shape index (κ1) is 13.3. The summed E-state index contributed by atoms with van der Waals surface area (Å²) >= 11 is 0. The molecule has 2 rings (SSSR count). The first-order chi connectivity index (χ1) is 8.13. The van der Waals surface area contributed by atoms with Gasteiger partial charge < -0.3 is 10.5 Å². The van der Waals surface area contributed by atoms with Crippen molar-refractivity contribution in [2.75, 3.05) is 40.4 Å². The van der Waals surface area contributed by atoms with Crippen molar-refractivity contribution in [2.45, 2.75) is 43.8 Å². The maximum atomic E-state index is 6.08. The van der Waals surface area contributed by atoms with Crippen LogP contribution in [0.4, 0.5) is 0 Å². The summed E-state index contributed by atoms with van der Waals surface area (Å²) in [5.41, 5.74) is 6.24. The van der Waals surface area contributed by atoms with Crippen LogP contribution in [0.3, 0.4) is 0 Å². The third-order valence-electron chi connectivity index (χ3n) is 4.55. The smallest absolute Gasteiger partial charge is 0.0589 e. The summed E-state index contributed by atoms with van der Waals surface area (Å²) in [5.74, 6) is 0. The Bertz CT molecular complexity index is 257. The molecule has 0 amide bonds. The van der Waals surface area contributed by atoms with E-state index < -0.39 is 0 Å². The molecule has 1 aliphatic carbocycles. The maximum absolute atomic E-state index is 6.08. The van der Waals surface area contributed by atoms with Crippen molar-refractivity contribution in [3.05, 3.63) is 0 Å². The number of nitrogens with two attached hydrogens (primary N) is 1. The second-order valence-corrected chi connectivity index (χ2v) is 5.80. The Labute approximate surface area is 105 Å². The minimum Gasteiger partial charge on any atom is -0.383 e. The summed E-state index contributed by atoms with van der Waals surface area (Å²) in [4.78, 5) is 5.07. The van der Waals surface area contributed by atoms with Gasteiger partial charge in [0, 0.05) is 44.4 Å². The average molecular weight is 241 g/mol. The number of likely N-dealkylation sites (tertiary alicyclic amines) is 1. The monoisotopic (exact) mass is 241 g/mol. The summed E-state index contributed by atoms with van der Waals surface area (Å²) in [6, 6.07) is 1.52. The second kappa shape index (κ2) is 5.22. The lowest BCUT2D eigenvalue weighted by Gasteiger charge is -2.38. The molecule has 1 heterocycles. The minimum absolute atomic E-state index is 0.167. The predicted molar refractivity (Wildman–Crippen MR) is 70.1 cm³/mol. The molecule has 17 heavy (non-hydrogen) atoms. The first-order valence-electron chi connectivity index (χ1n) is 6.79. The number of rotatable bonds is 6. The van der Waals surface area contributed by atoms with Crippen LogP contribution in [0.25, 0.3) is 0 Å². The Morgan fingerprint density at radius 2 is 2.18 bits per heavy atom. The van der Waals surface area contributed by atoms with Crippen LogP contribution in [0, 0.1) is 0 Å². The van der Waals surface area contributed by atoms with Gasteiger partial charge in [-0.15, -0.1) is 0 Å². The van der Waals surface area contributed by atoms with Crippen molar-refractivity contribution >= 4 is 0 Å². The van der Waals surface area contributed by atoms with E-state index in [1.807, 2.05) is 0 Å². The Morgan fingerprint density at radius 3 is 2.71 bits per heavy atom. The number of hydrogen-bond acceptors (Lipinski definition) is 4. The molecule has 2 aliphatic rings. The van der Waals surface area contributed by atoms with E-state index >= 15 is 0 Å². The summed E-state index contributed by atoms with van der Waals surface area (Å²) in [6.45, 7) is 5.99. The van der Waals surface area contributed by atoms with Crippen LogP contribution >= 0.6 is 0 Å². The van der Waals surface area contributed by atoms with Gasteiger partial charge in [0.25, 0.3) is 0 Å². The minimum atomic E-state index is 0.167. The summed E-state index contributed by atoms with van der Waals surface area (Å²) in [6.07, 6.45) is 3.96. The SMILES string of the molecule is COCCN(C)C1(CN)CC(C)N(C2CC2)C1. The van der Waals surface area contributed by atoms with Crippen LogP contribution in [-0.2, 0) is 4.74 Å². The highest BCUT2D eigenvalue weighted by Gasteiger charge is 2.48. The van der Waals surface area contributed by atoms with E-state index in [9.17, 15) is 0 Å². The molecule has 1 saturated heterocycles. The molecule has 2 unspecified atom stereocenters. The summed E-state index contributed by atoms with van der Waals surface area (Å²) in [5, 5.41) is 0. The quantitative estimate of drug-likeness (QED) is 0.736. The highest BCUT2D eigenvalue weighted by atomic mass is 16.5. The van der Waals surface area contributed by atoms with E-state index in [0.717, 1.165) is 32.3 Å². The Kier molecular flexibility index (Phi) is 4.08. The van der Waals surface area contributed by atoms with Crippen LogP contribution in [0.5, 0.6) is 0 Å². The van der Waals surface area contributed by atoms with Crippen LogP contribution in [-0.4, -0.2) is 67.8 Å². The number of likely N-dealkylation sites (N-methyl/N-ethyl adjacent to an activating group) is 1. The molecule has 2 N–H and O–H groups in total. The molecule has 4 nitrogen and oxygen atoms in total. The lowest BCUT2D eigenvalue weighted by Crippen LogP contribution is -2.54. The van der Waals surface area contributed by atoms with Crippen LogP contribution < -0.4 is 5.73 Å². The fourth-order valence-electron chi connectivity index (χ4n) is 3.17. The molecular formula is C13H27N3O. The lowest BCUT2D eigenvalue weighted by molar-refractivity contribution is 0.0862. The summed E-state index contributed by atoms with van der Waals surface area (Å²) < 4.78 is 5.18. The van der Waals surface area contributed by atoms with E-state index in [1.165, 1.54) is 19.3 Å². The number of ether oxygens (including phenoxy) is 1. The van der Waals surface area contributed by atoms with Gasteiger partial charge in [0.05, 0.1) is 6.61 Å². The zero-order chi connectivity index (χ0) is 12.5. The molecule has 0 bridgehead atoms. The molecule has 0 aromatic heterocycles. The van der Waals surface area contributed by atoms with Crippen molar-refractivity contribution in [3.8, 4) is 0 Å². The molecule has 1 aliphatic heterocycles. The molecule has 2 fully saturated rings. The Morgan fingerprint density at radius 1 is 1.47 bits per heavy atom. The van der Waals surface area contributed by atoms with Gasteiger partial charge in [-0.05, 0) is 33.2 Å².